The first kappa shape index (κ1) is 18.4. The van der Waals surface area contributed by atoms with Crippen LogP contribution in [0, 0.1) is 5.41 Å². The molecule has 0 aliphatic heterocycles. The van der Waals surface area contributed by atoms with E-state index in [9.17, 15) is 5.11 Å². The Bertz CT molecular complexity index is 336. The lowest BCUT2D eigenvalue weighted by atomic mass is 9.80. The molecule has 1 aliphatic rings. The summed E-state index contributed by atoms with van der Waals surface area (Å²) in [5.41, 5.74) is 4.99. The molecule has 2 unspecified atom stereocenters. The average molecular weight is 300 g/mol. The summed E-state index contributed by atoms with van der Waals surface area (Å²) in [5.74, 6) is 0. The minimum atomic E-state index is -0.515. The van der Waals surface area contributed by atoms with Gasteiger partial charge in [-0.3, -0.25) is 0 Å². The molecule has 0 saturated heterocycles. The fraction of sp³-hybridized carbons (Fsp3) is 0.875. The average Bonchev–Trinajstić information content (AvgIpc) is 2.34. The number of rotatable bonds is 10. The van der Waals surface area contributed by atoms with Crippen LogP contribution in [0.25, 0.3) is 0 Å². The van der Waals surface area contributed by atoms with Crippen molar-refractivity contribution in [2.24, 2.45) is 5.41 Å². The van der Waals surface area contributed by atoms with Gasteiger partial charge in [-0.05, 0) is 38.2 Å². The van der Waals surface area contributed by atoms with Crippen LogP contribution in [0.5, 0.6) is 0 Å². The molecule has 0 aromatic rings. The van der Waals surface area contributed by atoms with E-state index in [4.69, 9.17) is 9.57 Å². The highest BCUT2D eigenvalue weighted by Crippen LogP contribution is 2.34. The van der Waals surface area contributed by atoms with Crippen molar-refractivity contribution in [2.45, 2.75) is 58.6 Å². The van der Waals surface area contributed by atoms with Crippen molar-refractivity contribution in [1.82, 2.24) is 10.8 Å². The van der Waals surface area contributed by atoms with Crippen molar-refractivity contribution in [3.8, 4) is 0 Å². The molecule has 0 amide bonds. The van der Waals surface area contributed by atoms with Crippen LogP contribution in [-0.4, -0.2) is 44.6 Å². The Hall–Kier alpha value is -0.620. The predicted molar refractivity (Wildman–Crippen MR) is 84.8 cm³/mol. The van der Waals surface area contributed by atoms with E-state index < -0.39 is 6.10 Å². The monoisotopic (exact) mass is 300 g/mol. The van der Waals surface area contributed by atoms with E-state index in [1.54, 1.807) is 14.2 Å². The number of methoxy groups -OCH3 is 1. The third-order valence-corrected chi connectivity index (χ3v) is 4.08. The molecule has 5 heteroatoms. The zero-order chi connectivity index (χ0) is 15.9. The minimum absolute atomic E-state index is 0.277. The molecule has 1 rings (SSSR count). The smallest absolute Gasteiger partial charge is 0.101 e. The molecule has 0 heterocycles. The third kappa shape index (κ3) is 5.58. The molecule has 0 aromatic heterocycles. The molecule has 2 atom stereocenters. The van der Waals surface area contributed by atoms with Crippen molar-refractivity contribution in [3.05, 3.63) is 11.3 Å². The summed E-state index contributed by atoms with van der Waals surface area (Å²) < 4.78 is 5.25. The van der Waals surface area contributed by atoms with Gasteiger partial charge in [-0.15, -0.1) is 0 Å². The molecule has 1 fully saturated rings. The predicted octanol–water partition coefficient (Wildman–Crippen LogP) is 1.98. The van der Waals surface area contributed by atoms with Gasteiger partial charge in [0.1, 0.15) is 6.10 Å². The fourth-order valence-electron chi connectivity index (χ4n) is 2.56. The Morgan fingerprint density at radius 2 is 2.00 bits per heavy atom. The maximum Gasteiger partial charge on any atom is 0.101 e. The minimum Gasteiger partial charge on any atom is -0.386 e. The molecule has 0 spiro atoms. The van der Waals surface area contributed by atoms with Crippen LogP contribution < -0.4 is 10.8 Å². The Morgan fingerprint density at radius 1 is 1.33 bits per heavy atom. The first-order valence-electron chi connectivity index (χ1n) is 7.83. The number of hydrogen-bond donors (Lipinski definition) is 3. The van der Waals surface area contributed by atoms with Crippen LogP contribution in [0.3, 0.4) is 0 Å². The number of aliphatic hydroxyl groups is 1. The molecule has 0 radical (unpaired) electrons. The lowest BCUT2D eigenvalue weighted by molar-refractivity contribution is 0.00711. The Balaban J connectivity index is 2.61. The Morgan fingerprint density at radius 3 is 2.48 bits per heavy atom. The van der Waals surface area contributed by atoms with Crippen LogP contribution in [0.1, 0.15) is 46.5 Å². The highest BCUT2D eigenvalue weighted by Gasteiger charge is 2.33. The highest BCUT2D eigenvalue weighted by atomic mass is 16.6. The molecule has 124 valence electrons. The van der Waals surface area contributed by atoms with Crippen molar-refractivity contribution in [2.75, 3.05) is 27.4 Å². The van der Waals surface area contributed by atoms with Gasteiger partial charge in [-0.25, -0.2) is 5.48 Å². The molecule has 1 saturated carbocycles. The van der Waals surface area contributed by atoms with Crippen LogP contribution in [-0.2, 0) is 9.57 Å². The van der Waals surface area contributed by atoms with Crippen molar-refractivity contribution < 1.29 is 14.7 Å². The number of hydroxylamine groups is 1. The summed E-state index contributed by atoms with van der Waals surface area (Å²) >= 11 is 0. The Labute approximate surface area is 129 Å². The topological polar surface area (TPSA) is 62.8 Å². The van der Waals surface area contributed by atoms with Crippen molar-refractivity contribution in [1.29, 1.82) is 0 Å². The SMILES string of the molecule is COCC(C)(C)C(O)C(NCCC(C)NOC)=C1CCC1. The summed E-state index contributed by atoms with van der Waals surface area (Å²) in [4.78, 5) is 4.92. The van der Waals surface area contributed by atoms with Gasteiger partial charge in [0.2, 0.25) is 0 Å². The number of aliphatic hydroxyl groups excluding tert-OH is 1. The summed E-state index contributed by atoms with van der Waals surface area (Å²) in [6.07, 6.45) is 3.82. The van der Waals surface area contributed by atoms with Crippen LogP contribution in [0.2, 0.25) is 0 Å². The van der Waals surface area contributed by atoms with Gasteiger partial charge in [0.25, 0.3) is 0 Å². The van der Waals surface area contributed by atoms with Gasteiger partial charge < -0.3 is 20.0 Å². The molecule has 3 N–H and O–H groups in total. The number of nitrogens with one attached hydrogen (secondary N) is 2. The van der Waals surface area contributed by atoms with Gasteiger partial charge >= 0.3 is 0 Å². The zero-order valence-corrected chi connectivity index (χ0v) is 14.2. The van der Waals surface area contributed by atoms with Gasteiger partial charge in [-0.1, -0.05) is 13.8 Å². The molecule has 0 aromatic carbocycles. The summed E-state index contributed by atoms with van der Waals surface area (Å²) in [6, 6.07) is 0.277. The zero-order valence-electron chi connectivity index (χ0n) is 14.2. The van der Waals surface area contributed by atoms with E-state index in [1.807, 2.05) is 13.8 Å². The molecular formula is C16H32N2O3. The lowest BCUT2D eigenvalue weighted by Gasteiger charge is -2.35. The van der Waals surface area contributed by atoms with E-state index in [0.717, 1.165) is 31.5 Å². The van der Waals surface area contributed by atoms with E-state index in [2.05, 4.69) is 17.7 Å². The maximum absolute atomic E-state index is 10.7. The molecular weight excluding hydrogens is 268 g/mol. The maximum atomic E-state index is 10.7. The van der Waals surface area contributed by atoms with Crippen LogP contribution in [0.15, 0.2) is 11.3 Å². The number of allylic oxidation sites excluding steroid dienone is 1. The van der Waals surface area contributed by atoms with Crippen molar-refractivity contribution >= 4 is 0 Å². The second kappa shape index (κ2) is 8.73. The summed E-state index contributed by atoms with van der Waals surface area (Å²) in [6.45, 7) is 7.51. The molecule has 1 aliphatic carbocycles. The number of hydrogen-bond acceptors (Lipinski definition) is 5. The van der Waals surface area contributed by atoms with Gasteiger partial charge in [-0.2, -0.15) is 0 Å². The lowest BCUT2D eigenvalue weighted by Crippen LogP contribution is -2.41. The summed E-state index contributed by atoms with van der Waals surface area (Å²) in [7, 11) is 3.30. The Kier molecular flexibility index (Phi) is 7.66. The normalized spacial score (nSPS) is 18.1. The second-order valence-corrected chi connectivity index (χ2v) is 6.63. The van der Waals surface area contributed by atoms with E-state index in [0.29, 0.717) is 6.61 Å². The fourth-order valence-corrected chi connectivity index (χ4v) is 2.56. The van der Waals surface area contributed by atoms with Crippen molar-refractivity contribution in [3.63, 3.8) is 0 Å². The number of ether oxygens (including phenoxy) is 1. The summed E-state index contributed by atoms with van der Waals surface area (Å²) in [5, 5.41) is 14.2. The second-order valence-electron chi connectivity index (χ2n) is 6.63. The molecule has 5 nitrogen and oxygen atoms in total. The van der Waals surface area contributed by atoms with Crippen LogP contribution in [0.4, 0.5) is 0 Å². The van der Waals surface area contributed by atoms with E-state index in [-0.39, 0.29) is 11.5 Å². The third-order valence-electron chi connectivity index (χ3n) is 4.08. The molecule has 21 heavy (non-hydrogen) atoms. The van der Waals surface area contributed by atoms with Crippen LogP contribution >= 0.6 is 0 Å². The first-order valence-corrected chi connectivity index (χ1v) is 7.83. The standard InChI is InChI=1S/C16H32N2O3/c1-12(18-21-5)9-10-17-14(13-7-6-8-13)15(19)16(2,3)11-20-4/h12,15,17-19H,6-11H2,1-5H3. The molecule has 0 bridgehead atoms. The quantitative estimate of drug-likeness (QED) is 0.539. The largest absolute Gasteiger partial charge is 0.386 e. The van der Waals surface area contributed by atoms with Gasteiger partial charge in [0.05, 0.1) is 13.7 Å². The van der Waals surface area contributed by atoms with Gasteiger partial charge in [0, 0.05) is 30.8 Å². The van der Waals surface area contributed by atoms with E-state index >= 15 is 0 Å². The first-order chi connectivity index (χ1) is 9.92. The van der Waals surface area contributed by atoms with Gasteiger partial charge in [0.15, 0.2) is 0 Å². The van der Waals surface area contributed by atoms with E-state index in [1.165, 1.54) is 12.0 Å². The highest BCUT2D eigenvalue weighted by molar-refractivity contribution is 5.23.